The number of carbonyl (C=O) groups excluding carboxylic acids is 1. The monoisotopic (exact) mass is 416 g/mol. The minimum Gasteiger partial charge on any atom is -0.508 e. The standard InChI is InChI=1S/C13H10O3.C12H10O3/c14-11-5-1-9(2-6-11)13(16)10-3-7-12(15)8-4-10;13-9-1-5-11(6-2-9)15-12-7-3-10(14)4-8-12/h1-8,14-15H;1-8,13-14H. The zero-order valence-electron chi connectivity index (χ0n) is 16.3. The summed E-state index contributed by atoms with van der Waals surface area (Å²) < 4.78 is 5.47. The summed E-state index contributed by atoms with van der Waals surface area (Å²) in [6, 6.07) is 25.0. The Morgan fingerprint density at radius 1 is 0.452 bits per heavy atom. The van der Waals surface area contributed by atoms with Crippen LogP contribution in [0, 0.1) is 0 Å². The van der Waals surface area contributed by atoms with Crippen molar-refractivity contribution in [3.8, 4) is 34.5 Å². The Hall–Kier alpha value is -4.45. The van der Waals surface area contributed by atoms with Crippen molar-refractivity contribution in [2.24, 2.45) is 0 Å². The Labute approximate surface area is 178 Å². The number of phenolic OH excluding ortho intramolecular Hbond substituents is 4. The zero-order valence-corrected chi connectivity index (χ0v) is 16.3. The highest BCUT2D eigenvalue weighted by Gasteiger charge is 2.08. The van der Waals surface area contributed by atoms with E-state index in [1.165, 1.54) is 24.3 Å². The average molecular weight is 416 g/mol. The van der Waals surface area contributed by atoms with Gasteiger partial charge in [-0.1, -0.05) is 0 Å². The van der Waals surface area contributed by atoms with Gasteiger partial charge >= 0.3 is 0 Å². The maximum atomic E-state index is 11.9. The van der Waals surface area contributed by atoms with Gasteiger partial charge in [0.05, 0.1) is 0 Å². The van der Waals surface area contributed by atoms with Gasteiger partial charge in [0, 0.05) is 11.1 Å². The Morgan fingerprint density at radius 2 is 0.710 bits per heavy atom. The van der Waals surface area contributed by atoms with Crippen molar-refractivity contribution in [1.82, 2.24) is 0 Å². The number of benzene rings is 4. The van der Waals surface area contributed by atoms with Crippen LogP contribution in [0.5, 0.6) is 34.5 Å². The minimum absolute atomic E-state index is 0.127. The molecule has 0 aliphatic rings. The summed E-state index contributed by atoms with van der Waals surface area (Å²) in [7, 11) is 0. The molecule has 31 heavy (non-hydrogen) atoms. The van der Waals surface area contributed by atoms with E-state index >= 15 is 0 Å². The number of ketones is 1. The van der Waals surface area contributed by atoms with E-state index in [2.05, 4.69) is 0 Å². The average Bonchev–Trinajstić information content (AvgIpc) is 2.78. The van der Waals surface area contributed by atoms with E-state index in [1.807, 2.05) is 0 Å². The largest absolute Gasteiger partial charge is 0.508 e. The van der Waals surface area contributed by atoms with Gasteiger partial charge in [0.25, 0.3) is 0 Å². The second-order valence-corrected chi connectivity index (χ2v) is 6.51. The summed E-state index contributed by atoms with van der Waals surface area (Å²) in [6.07, 6.45) is 0. The fourth-order valence-corrected chi connectivity index (χ4v) is 2.56. The van der Waals surface area contributed by atoms with Gasteiger partial charge in [0.1, 0.15) is 34.5 Å². The first-order valence-electron chi connectivity index (χ1n) is 9.29. The summed E-state index contributed by atoms with van der Waals surface area (Å²) in [6.45, 7) is 0. The van der Waals surface area contributed by atoms with E-state index < -0.39 is 0 Å². The predicted molar refractivity (Wildman–Crippen MR) is 116 cm³/mol. The van der Waals surface area contributed by atoms with Gasteiger partial charge in [-0.25, -0.2) is 0 Å². The van der Waals surface area contributed by atoms with Crippen molar-refractivity contribution >= 4 is 5.78 Å². The van der Waals surface area contributed by atoms with Crippen LogP contribution in [-0.2, 0) is 0 Å². The normalized spacial score (nSPS) is 9.94. The summed E-state index contributed by atoms with van der Waals surface area (Å²) in [5.41, 5.74) is 1.01. The van der Waals surface area contributed by atoms with Gasteiger partial charge in [-0.05, 0) is 97.1 Å². The van der Waals surface area contributed by atoms with E-state index in [-0.39, 0.29) is 28.8 Å². The lowest BCUT2D eigenvalue weighted by atomic mass is 10.0. The fourth-order valence-electron chi connectivity index (χ4n) is 2.56. The Kier molecular flexibility index (Phi) is 6.75. The smallest absolute Gasteiger partial charge is 0.193 e. The molecule has 0 heterocycles. The van der Waals surface area contributed by atoms with Crippen molar-refractivity contribution in [3.05, 3.63) is 108 Å². The maximum absolute atomic E-state index is 11.9. The number of rotatable bonds is 4. The SMILES string of the molecule is O=C(c1ccc(O)cc1)c1ccc(O)cc1.Oc1ccc(Oc2ccc(O)cc2)cc1. The van der Waals surface area contributed by atoms with Crippen LogP contribution in [0.3, 0.4) is 0 Å². The van der Waals surface area contributed by atoms with Crippen molar-refractivity contribution in [1.29, 1.82) is 0 Å². The molecule has 0 aliphatic heterocycles. The third kappa shape index (κ3) is 6.27. The van der Waals surface area contributed by atoms with Crippen LogP contribution in [0.2, 0.25) is 0 Å². The van der Waals surface area contributed by atoms with Crippen LogP contribution in [0.15, 0.2) is 97.1 Å². The van der Waals surface area contributed by atoms with E-state index in [4.69, 9.17) is 25.2 Å². The molecule has 0 amide bonds. The molecule has 6 nitrogen and oxygen atoms in total. The summed E-state index contributed by atoms with van der Waals surface area (Å²) in [4.78, 5) is 11.9. The van der Waals surface area contributed by atoms with Gasteiger partial charge < -0.3 is 25.2 Å². The van der Waals surface area contributed by atoms with Crippen LogP contribution < -0.4 is 4.74 Å². The van der Waals surface area contributed by atoms with Crippen molar-refractivity contribution in [2.75, 3.05) is 0 Å². The Bertz CT molecular complexity index is 1030. The third-order valence-electron chi connectivity index (χ3n) is 4.17. The van der Waals surface area contributed by atoms with Crippen LogP contribution in [0.25, 0.3) is 0 Å². The number of hydrogen-bond acceptors (Lipinski definition) is 6. The molecule has 0 aromatic heterocycles. The quantitative estimate of drug-likeness (QED) is 0.340. The summed E-state index contributed by atoms with van der Waals surface area (Å²) >= 11 is 0. The van der Waals surface area contributed by atoms with Gasteiger partial charge in [-0.15, -0.1) is 0 Å². The first-order valence-corrected chi connectivity index (χ1v) is 9.29. The molecule has 4 aromatic carbocycles. The fraction of sp³-hybridized carbons (Fsp3) is 0. The van der Waals surface area contributed by atoms with E-state index in [1.54, 1.807) is 72.8 Å². The molecule has 0 saturated carbocycles. The van der Waals surface area contributed by atoms with Crippen molar-refractivity contribution in [2.45, 2.75) is 0 Å². The van der Waals surface area contributed by atoms with Crippen molar-refractivity contribution < 1.29 is 30.0 Å². The van der Waals surface area contributed by atoms with Crippen LogP contribution in [-0.4, -0.2) is 26.2 Å². The van der Waals surface area contributed by atoms with Crippen LogP contribution in [0.4, 0.5) is 0 Å². The molecule has 4 aromatic rings. The first-order chi connectivity index (χ1) is 14.9. The van der Waals surface area contributed by atoms with Crippen LogP contribution in [0.1, 0.15) is 15.9 Å². The van der Waals surface area contributed by atoms with Crippen LogP contribution >= 0.6 is 0 Å². The Balaban J connectivity index is 0.000000176. The van der Waals surface area contributed by atoms with Gasteiger partial charge in [-0.2, -0.15) is 0 Å². The van der Waals surface area contributed by atoms with Gasteiger partial charge in [0.2, 0.25) is 0 Å². The van der Waals surface area contributed by atoms with E-state index in [0.717, 1.165) is 0 Å². The van der Waals surface area contributed by atoms with E-state index in [0.29, 0.717) is 22.6 Å². The second-order valence-electron chi connectivity index (χ2n) is 6.51. The highest BCUT2D eigenvalue weighted by Crippen LogP contribution is 2.24. The molecule has 0 radical (unpaired) electrons. The lowest BCUT2D eigenvalue weighted by molar-refractivity contribution is 0.103. The number of phenols is 4. The lowest BCUT2D eigenvalue weighted by Crippen LogP contribution is -2.00. The third-order valence-corrected chi connectivity index (χ3v) is 4.17. The Morgan fingerprint density at radius 3 is 1.00 bits per heavy atom. The molecule has 0 spiro atoms. The molecular weight excluding hydrogens is 396 g/mol. The predicted octanol–water partition coefficient (Wildman–Crippen LogP) is 5.22. The number of ether oxygens (including phenoxy) is 1. The molecule has 0 bridgehead atoms. The lowest BCUT2D eigenvalue weighted by Gasteiger charge is -2.05. The molecule has 0 unspecified atom stereocenters. The molecule has 4 N–H and O–H groups in total. The molecule has 0 fully saturated rings. The zero-order chi connectivity index (χ0) is 22.2. The van der Waals surface area contributed by atoms with Gasteiger partial charge in [-0.3, -0.25) is 4.79 Å². The molecule has 0 aliphatic carbocycles. The molecule has 0 atom stereocenters. The molecular formula is C25H20O6. The van der Waals surface area contributed by atoms with E-state index in [9.17, 15) is 4.79 Å². The number of carbonyl (C=O) groups is 1. The second kappa shape index (κ2) is 9.84. The van der Waals surface area contributed by atoms with Gasteiger partial charge in [0.15, 0.2) is 5.78 Å². The summed E-state index contributed by atoms with van der Waals surface area (Å²) in [5.74, 6) is 1.79. The highest BCUT2D eigenvalue weighted by molar-refractivity contribution is 6.09. The molecule has 6 heteroatoms. The maximum Gasteiger partial charge on any atom is 0.193 e. The molecule has 156 valence electrons. The number of aromatic hydroxyl groups is 4. The molecule has 0 saturated heterocycles. The summed E-state index contributed by atoms with van der Waals surface area (Å²) in [5, 5.41) is 36.3. The molecule has 4 rings (SSSR count). The minimum atomic E-state index is -0.139. The highest BCUT2D eigenvalue weighted by atomic mass is 16.5. The van der Waals surface area contributed by atoms with Crippen molar-refractivity contribution in [3.63, 3.8) is 0 Å². The topological polar surface area (TPSA) is 107 Å². The number of hydrogen-bond donors (Lipinski definition) is 4. The first kappa shape index (κ1) is 21.3.